The molecule has 0 heterocycles. The van der Waals surface area contributed by atoms with Crippen LogP contribution in [0.2, 0.25) is 0 Å². The molecule has 16 aromatic carbocycles. The monoisotopic (exact) mass is 1390 g/mol. The predicted molar refractivity (Wildman–Crippen MR) is 434 cm³/mol. The summed E-state index contributed by atoms with van der Waals surface area (Å²) in [5, 5.41) is 6.80. The number of rotatable bonds is 9. The van der Waals surface area contributed by atoms with Crippen LogP contribution < -0.4 is 47.7 Å². The highest BCUT2D eigenvalue weighted by Crippen LogP contribution is 2.77. The molecule has 0 unspecified atom stereocenters. The Bertz CT molecular complexity index is 5650. The topological polar surface area (TPSA) is 51.2 Å². The minimum atomic E-state index is -3.67. The van der Waals surface area contributed by atoms with E-state index in [1.165, 1.54) is 0 Å². The Hall–Kier alpha value is -11.8. The fourth-order valence-corrected chi connectivity index (χ4v) is 28.4. The van der Waals surface area contributed by atoms with Gasteiger partial charge in [0.2, 0.25) is 0 Å². The van der Waals surface area contributed by atoms with Crippen molar-refractivity contribution in [2.75, 3.05) is 0 Å². The van der Waals surface area contributed by atoms with Gasteiger partial charge in [0.15, 0.2) is 21.4 Å². The highest BCUT2D eigenvalue weighted by atomic mass is 31.2. The largest absolute Gasteiger partial charge is 0.309 e. The van der Waals surface area contributed by atoms with Gasteiger partial charge in [0, 0.05) is 47.7 Å². The van der Waals surface area contributed by atoms with E-state index >= 15 is 13.7 Å². The molecule has 0 saturated heterocycles. The van der Waals surface area contributed by atoms with Crippen LogP contribution in [0.1, 0.15) is 66.8 Å². The molecule has 6 heteroatoms. The summed E-state index contributed by atoms with van der Waals surface area (Å²) in [4.78, 5) is 0. The van der Waals surface area contributed by atoms with Crippen molar-refractivity contribution in [1.82, 2.24) is 0 Å². The molecule has 6 aliphatic rings. The quantitative estimate of drug-likeness (QED) is 0.135. The van der Waals surface area contributed by atoms with Crippen molar-refractivity contribution in [3.63, 3.8) is 0 Å². The second-order valence-corrected chi connectivity index (χ2v) is 37.1. The summed E-state index contributed by atoms with van der Waals surface area (Å²) < 4.78 is 52.6. The van der Waals surface area contributed by atoms with Crippen molar-refractivity contribution in [3.05, 3.63) is 449 Å². The SMILES string of the molecule is O=P(c1ccccc1)(c1ccccc1)c1ccc2c(c1)C1(c3ccccc3-c3ccccc31)c1c-2c2c(c3c1-c1ccc(P(=O)(c4ccccc4)c4ccccc4)cc1C31c3ccccc3-c3ccccc31)-c1ccc(P(=O)(c3ccccc3)c3ccccc3)cc1C21c2ccccc2-c2ccccc21. The van der Waals surface area contributed by atoms with Crippen molar-refractivity contribution >= 4 is 69.2 Å². The number of fused-ring (bicyclic) bond motifs is 33. The summed E-state index contributed by atoms with van der Waals surface area (Å²) in [6.07, 6.45) is 0. The first kappa shape index (κ1) is 60.8. The fourth-order valence-electron chi connectivity index (χ4n) is 20.4. The Morgan fingerprint density at radius 3 is 0.514 bits per heavy atom. The molecule has 0 aromatic heterocycles. The van der Waals surface area contributed by atoms with Crippen molar-refractivity contribution in [3.8, 4) is 66.8 Å². The minimum absolute atomic E-state index is 0.746. The molecule has 0 amide bonds. The molecule has 3 spiro atoms. The van der Waals surface area contributed by atoms with E-state index in [-0.39, 0.29) is 0 Å². The van der Waals surface area contributed by atoms with E-state index in [2.05, 4.69) is 200 Å². The van der Waals surface area contributed by atoms with Gasteiger partial charge in [0.25, 0.3) is 0 Å². The molecular weight excluding hydrogens is 1330 g/mol. The molecule has 0 atom stereocenters. The molecule has 492 valence electrons. The van der Waals surface area contributed by atoms with Crippen molar-refractivity contribution in [2.24, 2.45) is 0 Å². The third kappa shape index (κ3) is 7.55. The zero-order valence-electron chi connectivity index (χ0n) is 56.9. The van der Waals surface area contributed by atoms with Crippen molar-refractivity contribution < 1.29 is 13.7 Å². The highest BCUT2D eigenvalue weighted by molar-refractivity contribution is 7.86. The van der Waals surface area contributed by atoms with Gasteiger partial charge in [-0.15, -0.1) is 0 Å². The lowest BCUT2D eigenvalue weighted by Crippen LogP contribution is -2.32. The van der Waals surface area contributed by atoms with Gasteiger partial charge in [-0.3, -0.25) is 0 Å². The van der Waals surface area contributed by atoms with Crippen LogP contribution in [0.15, 0.2) is 382 Å². The highest BCUT2D eigenvalue weighted by Gasteiger charge is 2.65. The number of benzene rings is 16. The van der Waals surface area contributed by atoms with Crippen LogP contribution in [0.4, 0.5) is 0 Å². The lowest BCUT2D eigenvalue weighted by atomic mass is 9.63. The van der Waals surface area contributed by atoms with Crippen molar-refractivity contribution in [2.45, 2.75) is 16.2 Å². The molecule has 0 fully saturated rings. The van der Waals surface area contributed by atoms with Gasteiger partial charge >= 0.3 is 0 Å². The van der Waals surface area contributed by atoms with Crippen LogP contribution in [0, 0.1) is 0 Å². The summed E-state index contributed by atoms with van der Waals surface area (Å²) in [6, 6.07) is 136. The zero-order valence-corrected chi connectivity index (χ0v) is 59.6. The normalized spacial score (nSPS) is 14.6. The molecule has 0 radical (unpaired) electrons. The summed E-state index contributed by atoms with van der Waals surface area (Å²) in [7, 11) is -11.0. The van der Waals surface area contributed by atoms with Crippen molar-refractivity contribution in [1.29, 1.82) is 0 Å². The predicted octanol–water partition coefficient (Wildman–Crippen LogP) is 19.6. The number of hydrogen-bond acceptors (Lipinski definition) is 3. The van der Waals surface area contributed by atoms with Crippen LogP contribution in [-0.2, 0) is 29.9 Å². The Morgan fingerprint density at radius 1 is 0.152 bits per heavy atom. The second-order valence-electron chi connectivity index (χ2n) is 28.8. The van der Waals surface area contributed by atoms with Gasteiger partial charge in [-0.25, -0.2) is 0 Å². The fraction of sp³-hybridized carbons (Fsp3) is 0.0303. The molecule has 3 nitrogen and oxygen atoms in total. The maximum Gasteiger partial charge on any atom is 0.171 e. The Labute approximate surface area is 610 Å². The van der Waals surface area contributed by atoms with E-state index in [1.807, 2.05) is 182 Å². The summed E-state index contributed by atoms with van der Waals surface area (Å²) in [5.74, 6) is 0. The van der Waals surface area contributed by atoms with Crippen LogP contribution in [-0.4, -0.2) is 0 Å². The van der Waals surface area contributed by atoms with E-state index in [4.69, 9.17) is 0 Å². The minimum Gasteiger partial charge on any atom is -0.309 e. The first-order chi connectivity index (χ1) is 51.8. The maximum absolute atomic E-state index is 17.5. The van der Waals surface area contributed by atoms with E-state index in [0.717, 1.165) is 181 Å². The number of hydrogen-bond donors (Lipinski definition) is 0. The average molecular weight is 1390 g/mol. The van der Waals surface area contributed by atoms with Gasteiger partial charge in [-0.2, -0.15) is 0 Å². The molecule has 22 rings (SSSR count). The van der Waals surface area contributed by atoms with Crippen LogP contribution in [0.5, 0.6) is 0 Å². The van der Waals surface area contributed by atoms with Gasteiger partial charge in [-0.05, 0) is 152 Å². The van der Waals surface area contributed by atoms with E-state index < -0.39 is 37.7 Å². The third-order valence-electron chi connectivity index (χ3n) is 24.3. The molecule has 0 saturated carbocycles. The second kappa shape index (κ2) is 22.1. The summed E-state index contributed by atoms with van der Waals surface area (Å²) >= 11 is 0. The van der Waals surface area contributed by atoms with Gasteiger partial charge in [-0.1, -0.05) is 364 Å². The summed E-state index contributed by atoms with van der Waals surface area (Å²) in [5.41, 5.74) is 23.7. The van der Waals surface area contributed by atoms with Crippen LogP contribution >= 0.6 is 21.4 Å². The maximum atomic E-state index is 17.5. The van der Waals surface area contributed by atoms with E-state index in [1.54, 1.807) is 0 Å². The average Bonchev–Trinajstić information content (AvgIpc) is 1.45. The lowest BCUT2D eigenvalue weighted by molar-refractivity contribution is 0.591. The molecule has 16 aromatic rings. The molecule has 105 heavy (non-hydrogen) atoms. The van der Waals surface area contributed by atoms with E-state index in [0.29, 0.717) is 0 Å². The Balaban J connectivity index is 0.994. The molecule has 0 N–H and O–H groups in total. The third-order valence-corrected chi connectivity index (χ3v) is 33.5. The Kier molecular flexibility index (Phi) is 12.8. The zero-order chi connectivity index (χ0) is 69.6. The molecule has 0 aliphatic heterocycles. The van der Waals surface area contributed by atoms with Crippen LogP contribution in [0.3, 0.4) is 0 Å². The summed E-state index contributed by atoms with van der Waals surface area (Å²) in [6.45, 7) is 0. The first-order valence-electron chi connectivity index (χ1n) is 36.2. The molecule has 6 aliphatic carbocycles. The molecule has 0 bridgehead atoms. The first-order valence-corrected chi connectivity index (χ1v) is 41.3. The van der Waals surface area contributed by atoms with Gasteiger partial charge in [0.1, 0.15) is 0 Å². The molecular formula is C99H63O3P3. The van der Waals surface area contributed by atoms with Gasteiger partial charge in [0.05, 0.1) is 16.2 Å². The van der Waals surface area contributed by atoms with Crippen LogP contribution in [0.25, 0.3) is 66.8 Å². The lowest BCUT2D eigenvalue weighted by Gasteiger charge is -2.37. The van der Waals surface area contributed by atoms with Gasteiger partial charge < -0.3 is 13.7 Å². The smallest absolute Gasteiger partial charge is 0.171 e. The standard InChI is InChI=1S/C99H63O3P3/c100-103(64-31-7-1-8-32-64,65-33-9-2-10-34-65)70-55-58-79-88(61-70)97(82-49-25-19-43-73(82)74-44-20-26-50-83(74)97)94-91(79)95-93(81-60-57-72(105(102,68-39-15-5-16-40-68)69-41-17-6-18-42-69)63-90(81)98(95)84-51-27-21-45-75(84)76-46-22-28-52-85(76)98)96-92(94)80-59-56-71(104(101,66-35-11-3-12-36-66)67-37-13-4-14-38-67)62-89(80)99(96)86-53-29-23-47-77(86)78-48-24-30-54-87(78)99/h1-63H. The Morgan fingerprint density at radius 2 is 0.324 bits per heavy atom. The van der Waals surface area contributed by atoms with E-state index in [9.17, 15) is 0 Å².